The predicted octanol–water partition coefficient (Wildman–Crippen LogP) is 4.76. The van der Waals surface area contributed by atoms with Crippen molar-refractivity contribution in [3.05, 3.63) is 71.2 Å². The highest BCUT2D eigenvalue weighted by atomic mass is 32.1. The van der Waals surface area contributed by atoms with E-state index in [9.17, 15) is 4.79 Å². The summed E-state index contributed by atoms with van der Waals surface area (Å²) in [7, 11) is 0. The molecule has 1 N–H and O–H groups in total. The fourth-order valence-corrected chi connectivity index (χ4v) is 4.36. The van der Waals surface area contributed by atoms with Crippen LogP contribution in [0.25, 0.3) is 11.1 Å². The first-order valence-electron chi connectivity index (χ1n) is 9.79. The van der Waals surface area contributed by atoms with Crippen molar-refractivity contribution >= 4 is 22.4 Å². The van der Waals surface area contributed by atoms with Gasteiger partial charge in [-0.15, -0.1) is 11.3 Å². The maximum atomic E-state index is 12.6. The molecule has 0 aliphatic carbocycles. The second kappa shape index (κ2) is 8.57. The Balaban J connectivity index is 1.33. The quantitative estimate of drug-likeness (QED) is 0.682. The Morgan fingerprint density at radius 3 is 2.54 bits per heavy atom. The van der Waals surface area contributed by atoms with Crippen LogP contribution in [0.1, 0.15) is 28.8 Å². The van der Waals surface area contributed by atoms with Gasteiger partial charge in [-0.05, 0) is 48.9 Å². The van der Waals surface area contributed by atoms with Crippen LogP contribution in [0.5, 0.6) is 0 Å². The lowest BCUT2D eigenvalue weighted by Crippen LogP contribution is -2.41. The minimum absolute atomic E-state index is 0.00169. The lowest BCUT2D eigenvalue weighted by Gasteiger charge is -2.32. The zero-order valence-electron chi connectivity index (χ0n) is 16.1. The Hall–Kier alpha value is -2.66. The zero-order valence-corrected chi connectivity index (χ0v) is 16.9. The lowest BCUT2D eigenvalue weighted by atomic mass is 9.98. The first kappa shape index (κ1) is 18.7. The Morgan fingerprint density at radius 2 is 1.86 bits per heavy atom. The molecule has 1 atom stereocenters. The molecule has 0 saturated carbocycles. The van der Waals surface area contributed by atoms with Crippen molar-refractivity contribution < 1.29 is 4.79 Å². The van der Waals surface area contributed by atoms with Crippen LogP contribution in [0.2, 0.25) is 0 Å². The van der Waals surface area contributed by atoms with E-state index in [1.165, 1.54) is 11.1 Å². The summed E-state index contributed by atoms with van der Waals surface area (Å²) in [6.07, 6.45) is 4.14. The van der Waals surface area contributed by atoms with Gasteiger partial charge in [0.05, 0.1) is 0 Å². The third-order valence-electron chi connectivity index (χ3n) is 5.29. The number of amides is 1. The number of piperidine rings is 1. The summed E-state index contributed by atoms with van der Waals surface area (Å²) in [4.78, 5) is 19.3. The van der Waals surface area contributed by atoms with Gasteiger partial charge < -0.3 is 10.2 Å². The summed E-state index contributed by atoms with van der Waals surface area (Å²) in [6, 6.07) is 16.3. The highest BCUT2D eigenvalue weighted by Gasteiger charge is 2.22. The monoisotopic (exact) mass is 391 g/mol. The average molecular weight is 392 g/mol. The van der Waals surface area contributed by atoms with Gasteiger partial charge in [0.15, 0.2) is 5.13 Å². The van der Waals surface area contributed by atoms with Crippen molar-refractivity contribution in [2.45, 2.75) is 19.8 Å². The third-order valence-corrected chi connectivity index (χ3v) is 6.12. The van der Waals surface area contributed by atoms with Crippen molar-refractivity contribution in [1.82, 2.24) is 10.3 Å². The number of carbonyl (C=O) groups excluding carboxylic acids is 1. The molecule has 2 heterocycles. The molecule has 4 nitrogen and oxygen atoms in total. The SMILES string of the molecule is Cc1ccc(-c2ccc(C(=O)NCC3CCCN(c4nccs4)C3)cc2)cc1. The van der Waals surface area contributed by atoms with Crippen molar-refractivity contribution in [3.8, 4) is 11.1 Å². The second-order valence-electron chi connectivity index (χ2n) is 7.42. The number of anilines is 1. The fourth-order valence-electron chi connectivity index (χ4n) is 3.68. The fraction of sp³-hybridized carbons (Fsp3) is 0.304. The van der Waals surface area contributed by atoms with Crippen molar-refractivity contribution in [2.24, 2.45) is 5.92 Å². The van der Waals surface area contributed by atoms with Crippen LogP contribution >= 0.6 is 11.3 Å². The first-order valence-corrected chi connectivity index (χ1v) is 10.7. The Labute approximate surface area is 170 Å². The highest BCUT2D eigenvalue weighted by Crippen LogP contribution is 2.24. The number of hydrogen-bond acceptors (Lipinski definition) is 4. The summed E-state index contributed by atoms with van der Waals surface area (Å²) in [5.74, 6) is 0.468. The molecule has 1 aliphatic heterocycles. The van der Waals surface area contributed by atoms with Crippen LogP contribution in [0.3, 0.4) is 0 Å². The van der Waals surface area contributed by atoms with Gasteiger partial charge in [-0.3, -0.25) is 4.79 Å². The number of aryl methyl sites for hydroxylation is 1. The van der Waals surface area contributed by atoms with Crippen molar-refractivity contribution in [3.63, 3.8) is 0 Å². The van der Waals surface area contributed by atoms with Crippen LogP contribution in [-0.4, -0.2) is 30.5 Å². The molecule has 144 valence electrons. The number of aromatic nitrogens is 1. The normalized spacial score (nSPS) is 16.8. The largest absolute Gasteiger partial charge is 0.352 e. The van der Waals surface area contributed by atoms with Gasteiger partial charge in [-0.1, -0.05) is 42.0 Å². The van der Waals surface area contributed by atoms with Gasteiger partial charge in [-0.25, -0.2) is 4.98 Å². The number of carbonyl (C=O) groups is 1. The topological polar surface area (TPSA) is 45.2 Å². The standard InChI is InChI=1S/C23H25N3OS/c1-17-4-6-19(7-5-17)20-8-10-21(11-9-20)22(27)25-15-18-3-2-13-26(16-18)23-24-12-14-28-23/h4-12,14,18H,2-3,13,15-16H2,1H3,(H,25,27). The van der Waals surface area contributed by atoms with Gasteiger partial charge in [0.25, 0.3) is 5.91 Å². The van der Waals surface area contributed by atoms with E-state index >= 15 is 0 Å². The minimum atomic E-state index is 0.00169. The zero-order chi connectivity index (χ0) is 19.3. The minimum Gasteiger partial charge on any atom is -0.352 e. The van der Waals surface area contributed by atoms with Gasteiger partial charge in [0.1, 0.15) is 0 Å². The van der Waals surface area contributed by atoms with Crippen LogP contribution in [0.15, 0.2) is 60.1 Å². The third kappa shape index (κ3) is 4.42. The van der Waals surface area contributed by atoms with Gasteiger partial charge in [0.2, 0.25) is 0 Å². The Morgan fingerprint density at radius 1 is 1.14 bits per heavy atom. The molecular formula is C23H25N3OS. The smallest absolute Gasteiger partial charge is 0.251 e. The molecule has 5 heteroatoms. The highest BCUT2D eigenvalue weighted by molar-refractivity contribution is 7.13. The number of hydrogen-bond donors (Lipinski definition) is 1. The van der Waals surface area contributed by atoms with Gasteiger partial charge >= 0.3 is 0 Å². The van der Waals surface area contributed by atoms with E-state index in [0.717, 1.165) is 36.6 Å². The number of rotatable bonds is 5. The number of thiazole rings is 1. The molecule has 28 heavy (non-hydrogen) atoms. The molecule has 1 fully saturated rings. The van der Waals surface area contributed by atoms with Crippen LogP contribution < -0.4 is 10.2 Å². The van der Waals surface area contributed by atoms with E-state index in [0.29, 0.717) is 18.0 Å². The summed E-state index contributed by atoms with van der Waals surface area (Å²) in [5.41, 5.74) is 4.25. The summed E-state index contributed by atoms with van der Waals surface area (Å²) in [5, 5.41) is 6.22. The van der Waals surface area contributed by atoms with Crippen LogP contribution in [-0.2, 0) is 0 Å². The Kier molecular flexibility index (Phi) is 5.72. The average Bonchev–Trinajstić information content (AvgIpc) is 3.28. The van der Waals surface area contributed by atoms with Crippen molar-refractivity contribution in [1.29, 1.82) is 0 Å². The molecule has 1 aliphatic rings. The maximum Gasteiger partial charge on any atom is 0.251 e. The summed E-state index contributed by atoms with van der Waals surface area (Å²) >= 11 is 1.68. The van der Waals surface area contributed by atoms with Gasteiger partial charge in [0, 0.05) is 36.8 Å². The summed E-state index contributed by atoms with van der Waals surface area (Å²) < 4.78 is 0. The maximum absolute atomic E-state index is 12.6. The second-order valence-corrected chi connectivity index (χ2v) is 8.30. The molecule has 1 aromatic heterocycles. The number of nitrogens with one attached hydrogen (secondary N) is 1. The summed E-state index contributed by atoms with van der Waals surface area (Å²) in [6.45, 7) is 4.80. The number of nitrogens with zero attached hydrogens (tertiary/aromatic N) is 2. The first-order chi connectivity index (χ1) is 13.7. The van der Waals surface area contributed by atoms with Crippen molar-refractivity contribution in [2.75, 3.05) is 24.5 Å². The predicted molar refractivity (Wildman–Crippen MR) is 116 cm³/mol. The molecule has 1 amide bonds. The molecule has 0 bridgehead atoms. The van der Waals surface area contributed by atoms with Crippen LogP contribution in [0, 0.1) is 12.8 Å². The molecular weight excluding hydrogens is 366 g/mol. The number of benzene rings is 2. The molecule has 0 radical (unpaired) electrons. The molecule has 1 unspecified atom stereocenters. The van der Waals surface area contributed by atoms with E-state index in [-0.39, 0.29) is 5.91 Å². The lowest BCUT2D eigenvalue weighted by molar-refractivity contribution is 0.0945. The molecule has 4 rings (SSSR count). The van der Waals surface area contributed by atoms with E-state index < -0.39 is 0 Å². The van der Waals surface area contributed by atoms with E-state index in [1.54, 1.807) is 11.3 Å². The van der Waals surface area contributed by atoms with E-state index in [2.05, 4.69) is 46.4 Å². The van der Waals surface area contributed by atoms with E-state index in [4.69, 9.17) is 0 Å². The molecule has 1 saturated heterocycles. The van der Waals surface area contributed by atoms with E-state index in [1.807, 2.05) is 35.8 Å². The van der Waals surface area contributed by atoms with Crippen LogP contribution in [0.4, 0.5) is 5.13 Å². The Bertz CT molecular complexity index is 904. The van der Waals surface area contributed by atoms with Gasteiger partial charge in [-0.2, -0.15) is 0 Å². The molecule has 2 aromatic carbocycles. The molecule has 3 aromatic rings. The molecule has 0 spiro atoms.